The molecular formula is C9H17N5O8P2. The molecule has 0 saturated heterocycles. The van der Waals surface area contributed by atoms with Crippen LogP contribution in [0.2, 0.25) is 0 Å². The topological polar surface area (TPSA) is 214 Å². The standard InChI is InChI=1S/C9H14N5O4P.H3O4P/c1-6(18-5-19(15,16)17)2-14-4-13-7-8(10)11-3-12-9(7)14;1-5(2,3)4/h3-4,6H,2,5H2,1H3,(H2,10,11,12)(H2,15,16,17);(H3,1,2,3,4)/t6-;/m1./s1. The van der Waals surface area contributed by atoms with Gasteiger partial charge in [0.15, 0.2) is 11.5 Å². The molecule has 2 aromatic rings. The minimum atomic E-state index is -4.64. The molecule has 24 heavy (non-hydrogen) atoms. The van der Waals surface area contributed by atoms with Crippen molar-refractivity contribution >= 4 is 32.4 Å². The minimum absolute atomic E-state index is 0.285. The van der Waals surface area contributed by atoms with Crippen molar-refractivity contribution in [3.63, 3.8) is 0 Å². The molecule has 2 heterocycles. The predicted molar refractivity (Wildman–Crippen MR) is 81.5 cm³/mol. The number of hydrogen-bond acceptors (Lipinski definition) is 7. The van der Waals surface area contributed by atoms with Crippen LogP contribution in [0.15, 0.2) is 12.7 Å². The Labute approximate surface area is 135 Å². The fraction of sp³-hybridized carbons (Fsp3) is 0.444. The van der Waals surface area contributed by atoms with Gasteiger partial charge in [0.05, 0.1) is 19.0 Å². The van der Waals surface area contributed by atoms with Crippen LogP contribution >= 0.6 is 15.4 Å². The molecule has 136 valence electrons. The van der Waals surface area contributed by atoms with Crippen LogP contribution in [-0.2, 0) is 20.4 Å². The zero-order valence-electron chi connectivity index (χ0n) is 12.4. The number of imidazole rings is 1. The van der Waals surface area contributed by atoms with Gasteiger partial charge in [-0.1, -0.05) is 0 Å². The first-order chi connectivity index (χ1) is 10.9. The summed E-state index contributed by atoms with van der Waals surface area (Å²) in [6, 6.07) is 0. The van der Waals surface area contributed by atoms with E-state index in [9.17, 15) is 4.57 Å². The Kier molecular flexibility index (Phi) is 6.96. The van der Waals surface area contributed by atoms with Gasteiger partial charge < -0.3 is 39.5 Å². The van der Waals surface area contributed by atoms with Crippen LogP contribution in [0.4, 0.5) is 5.82 Å². The Morgan fingerprint density at radius 1 is 1.21 bits per heavy atom. The first kappa shape index (κ1) is 20.6. The molecule has 7 N–H and O–H groups in total. The third-order valence-corrected chi connectivity index (χ3v) is 2.90. The van der Waals surface area contributed by atoms with E-state index in [4.69, 9.17) is 39.5 Å². The Balaban J connectivity index is 0.000000505. The fourth-order valence-electron chi connectivity index (χ4n) is 1.59. The molecule has 0 aliphatic heterocycles. The summed E-state index contributed by atoms with van der Waals surface area (Å²) in [6.45, 7) is 2.05. The van der Waals surface area contributed by atoms with E-state index in [2.05, 4.69) is 15.0 Å². The average molecular weight is 385 g/mol. The number of nitrogen functional groups attached to an aromatic ring is 1. The highest BCUT2D eigenvalue weighted by Crippen LogP contribution is 2.34. The summed E-state index contributed by atoms with van der Waals surface area (Å²) in [7, 11) is -8.80. The molecule has 0 radical (unpaired) electrons. The van der Waals surface area contributed by atoms with E-state index < -0.39 is 27.9 Å². The SMILES string of the molecule is C[C@H](Cn1cnc2c(N)ncnc21)OCP(=O)(O)O.O=P(O)(O)O. The van der Waals surface area contributed by atoms with Crippen LogP contribution in [0.1, 0.15) is 6.92 Å². The van der Waals surface area contributed by atoms with Gasteiger partial charge in [0.25, 0.3) is 0 Å². The van der Waals surface area contributed by atoms with Crippen molar-refractivity contribution in [1.29, 1.82) is 0 Å². The lowest BCUT2D eigenvalue weighted by Crippen LogP contribution is -2.17. The quantitative estimate of drug-likeness (QED) is 0.342. The summed E-state index contributed by atoms with van der Waals surface area (Å²) in [4.78, 5) is 51.0. The largest absolute Gasteiger partial charge is 0.466 e. The van der Waals surface area contributed by atoms with E-state index in [1.54, 1.807) is 11.5 Å². The maximum absolute atomic E-state index is 10.7. The number of aromatic nitrogens is 4. The monoisotopic (exact) mass is 385 g/mol. The molecule has 15 heteroatoms. The van der Waals surface area contributed by atoms with Crippen LogP contribution in [0.25, 0.3) is 11.2 Å². The van der Waals surface area contributed by atoms with E-state index in [1.165, 1.54) is 12.7 Å². The molecule has 13 nitrogen and oxygen atoms in total. The molecule has 0 unspecified atom stereocenters. The van der Waals surface area contributed by atoms with Gasteiger partial charge in [-0.05, 0) is 6.92 Å². The van der Waals surface area contributed by atoms with Gasteiger partial charge in [0.2, 0.25) is 0 Å². The average Bonchev–Trinajstić information content (AvgIpc) is 2.79. The number of anilines is 1. The smallest absolute Gasteiger partial charge is 0.382 e. The molecule has 0 aliphatic carbocycles. The third-order valence-electron chi connectivity index (χ3n) is 2.41. The number of nitrogens with two attached hydrogens (primary N) is 1. The van der Waals surface area contributed by atoms with E-state index in [-0.39, 0.29) is 5.82 Å². The van der Waals surface area contributed by atoms with Crippen molar-refractivity contribution in [2.45, 2.75) is 19.6 Å². The van der Waals surface area contributed by atoms with Gasteiger partial charge in [-0.25, -0.2) is 19.5 Å². The van der Waals surface area contributed by atoms with Crippen molar-refractivity contribution in [3.05, 3.63) is 12.7 Å². The normalized spacial score (nSPS) is 13.4. The Bertz CT molecular complexity index is 762. The zero-order chi connectivity index (χ0) is 18.5. The lowest BCUT2D eigenvalue weighted by Gasteiger charge is -2.14. The summed E-state index contributed by atoms with van der Waals surface area (Å²) in [5, 5.41) is 0. The van der Waals surface area contributed by atoms with Gasteiger partial charge in [-0.3, -0.25) is 4.57 Å². The molecule has 0 saturated carbocycles. The van der Waals surface area contributed by atoms with Gasteiger partial charge in [0.1, 0.15) is 18.2 Å². The molecule has 0 bridgehead atoms. The van der Waals surface area contributed by atoms with Crippen molar-refractivity contribution in [3.8, 4) is 0 Å². The van der Waals surface area contributed by atoms with Gasteiger partial charge in [-0.2, -0.15) is 0 Å². The molecule has 2 aromatic heterocycles. The highest BCUT2D eigenvalue weighted by Gasteiger charge is 2.16. The second-order valence-corrected chi connectivity index (χ2v) is 7.23. The van der Waals surface area contributed by atoms with Crippen molar-refractivity contribution in [1.82, 2.24) is 19.5 Å². The lowest BCUT2D eigenvalue weighted by atomic mass is 10.4. The summed E-state index contributed by atoms with van der Waals surface area (Å²) in [5.41, 5.74) is 6.70. The maximum atomic E-state index is 10.7. The molecule has 0 aliphatic rings. The molecule has 0 aromatic carbocycles. The summed E-state index contributed by atoms with van der Waals surface area (Å²) in [6.07, 6.45) is 1.85. The molecule has 0 spiro atoms. The molecule has 0 fully saturated rings. The van der Waals surface area contributed by atoms with Crippen molar-refractivity contribution in [2.24, 2.45) is 0 Å². The number of fused-ring (bicyclic) bond motifs is 1. The number of rotatable bonds is 5. The Hall–Kier alpha value is -1.43. The van der Waals surface area contributed by atoms with E-state index in [0.717, 1.165) is 0 Å². The molecular weight excluding hydrogens is 368 g/mol. The number of ether oxygens (including phenoxy) is 1. The third kappa shape index (κ3) is 7.90. The van der Waals surface area contributed by atoms with Crippen molar-refractivity contribution in [2.75, 3.05) is 12.1 Å². The molecule has 2 rings (SSSR count). The van der Waals surface area contributed by atoms with Gasteiger partial charge in [-0.15, -0.1) is 0 Å². The van der Waals surface area contributed by atoms with Crippen LogP contribution in [0, 0.1) is 0 Å². The fourth-order valence-corrected chi connectivity index (χ4v) is 2.04. The van der Waals surface area contributed by atoms with Crippen molar-refractivity contribution < 1.29 is 38.3 Å². The first-order valence-electron chi connectivity index (χ1n) is 6.22. The highest BCUT2D eigenvalue weighted by atomic mass is 31.2. The first-order valence-corrected chi connectivity index (χ1v) is 9.59. The summed E-state index contributed by atoms with van der Waals surface area (Å²) >= 11 is 0. The number of nitrogens with zero attached hydrogens (tertiary/aromatic N) is 4. The van der Waals surface area contributed by atoms with E-state index in [1.807, 2.05) is 0 Å². The highest BCUT2D eigenvalue weighted by molar-refractivity contribution is 7.51. The number of phosphoric acid groups is 1. The Morgan fingerprint density at radius 3 is 2.33 bits per heavy atom. The zero-order valence-corrected chi connectivity index (χ0v) is 14.2. The lowest BCUT2D eigenvalue weighted by molar-refractivity contribution is 0.0764. The maximum Gasteiger partial charge on any atom is 0.466 e. The molecule has 1 atom stereocenters. The van der Waals surface area contributed by atoms with Crippen LogP contribution in [-0.4, -0.2) is 56.4 Å². The second kappa shape index (κ2) is 8.10. The van der Waals surface area contributed by atoms with E-state index in [0.29, 0.717) is 17.7 Å². The van der Waals surface area contributed by atoms with Gasteiger partial charge in [0, 0.05) is 0 Å². The Morgan fingerprint density at radius 2 is 1.79 bits per heavy atom. The molecule has 0 amide bonds. The summed E-state index contributed by atoms with van der Waals surface area (Å²) < 4.78 is 26.4. The van der Waals surface area contributed by atoms with Crippen LogP contribution in [0.3, 0.4) is 0 Å². The number of hydrogen-bond donors (Lipinski definition) is 6. The summed E-state index contributed by atoms with van der Waals surface area (Å²) in [5.74, 6) is 0.285. The predicted octanol–water partition coefficient (Wildman–Crippen LogP) is -0.980. The second-order valence-electron chi connectivity index (χ2n) is 4.61. The van der Waals surface area contributed by atoms with Crippen LogP contribution in [0.5, 0.6) is 0 Å². The van der Waals surface area contributed by atoms with Gasteiger partial charge >= 0.3 is 15.4 Å². The van der Waals surface area contributed by atoms with E-state index >= 15 is 0 Å². The minimum Gasteiger partial charge on any atom is -0.382 e. The van der Waals surface area contributed by atoms with Crippen LogP contribution < -0.4 is 5.73 Å².